The van der Waals surface area contributed by atoms with Crippen LogP contribution in [0.25, 0.3) is 0 Å². The number of hydrogen-bond donors (Lipinski definition) is 1. The minimum absolute atomic E-state index is 0.0679. The van der Waals surface area contributed by atoms with Crippen molar-refractivity contribution in [3.05, 3.63) is 12.3 Å². The molecule has 0 saturated heterocycles. The Morgan fingerprint density at radius 1 is 0.685 bits per heavy atom. The Morgan fingerprint density at radius 2 is 1.17 bits per heavy atom. The van der Waals surface area contributed by atoms with Crippen LogP contribution in [0.4, 0.5) is 0 Å². The lowest BCUT2D eigenvalue weighted by molar-refractivity contribution is -0.115. The third kappa shape index (κ3) is 28.8. The first-order valence-electron chi connectivity index (χ1n) is 24.4. The lowest BCUT2D eigenvalue weighted by Gasteiger charge is -2.29. The Morgan fingerprint density at radius 3 is 1.65 bits per heavy atom. The van der Waals surface area contributed by atoms with Crippen LogP contribution in [-0.4, -0.2) is 27.7 Å². The van der Waals surface area contributed by atoms with Crippen LogP contribution < -0.4 is 0 Å². The van der Waals surface area contributed by atoms with E-state index in [4.69, 9.17) is 4.74 Å². The standard InChI is InChI=1S/C50H96O3S/c1-8-12-16-20-24-31-45(32-25-21-17-13-9-2)41-50(7,52)39-29-34-47(49(51)54-42-46-38-37-43(5)40-46)33-28-30-44(6)53-48(35-26-22-18-14-10-3)36-27-23-19-15-11-4/h43,45-48,52H,6,8-42H2,1-5,7H3. The molecule has 1 aliphatic rings. The number of allylic oxidation sites excluding steroid dienone is 1. The molecule has 320 valence electrons. The number of aliphatic hydroxyl groups is 1. The average molecular weight is 777 g/mol. The first-order valence-corrected chi connectivity index (χ1v) is 25.4. The van der Waals surface area contributed by atoms with Crippen molar-refractivity contribution >= 4 is 16.9 Å². The van der Waals surface area contributed by atoms with Gasteiger partial charge in [-0.2, -0.15) is 0 Å². The van der Waals surface area contributed by atoms with Crippen LogP contribution in [0, 0.1) is 23.7 Å². The summed E-state index contributed by atoms with van der Waals surface area (Å²) >= 11 is 1.63. The fraction of sp³-hybridized carbons (Fsp3) is 0.940. The molecule has 0 aromatic heterocycles. The summed E-state index contributed by atoms with van der Waals surface area (Å²) < 4.78 is 6.57. The average Bonchev–Trinajstić information content (AvgIpc) is 3.57. The molecule has 1 N–H and O–H groups in total. The van der Waals surface area contributed by atoms with Gasteiger partial charge in [-0.25, -0.2) is 0 Å². The van der Waals surface area contributed by atoms with Crippen LogP contribution >= 0.6 is 11.8 Å². The number of carbonyl (C=O) groups is 1. The number of unbranched alkanes of at least 4 members (excludes halogenated alkanes) is 16. The lowest BCUT2D eigenvalue weighted by atomic mass is 9.81. The van der Waals surface area contributed by atoms with E-state index in [1.54, 1.807) is 11.8 Å². The molecule has 0 radical (unpaired) electrons. The number of hydrogen-bond acceptors (Lipinski definition) is 4. The van der Waals surface area contributed by atoms with Gasteiger partial charge in [0, 0.05) is 18.1 Å². The predicted octanol–water partition coefficient (Wildman–Crippen LogP) is 16.7. The SMILES string of the molecule is C=C(CCCC(CCCC(C)(O)CC(CCCCCCC)CCCCCCC)C(=O)SCC1CCC(C)C1)OC(CCCCCCC)CCCCCCC. The third-order valence-corrected chi connectivity index (χ3v) is 13.9. The number of carbonyl (C=O) groups excluding carboxylic acids is 1. The van der Waals surface area contributed by atoms with Gasteiger partial charge in [-0.15, -0.1) is 0 Å². The Bertz CT molecular complexity index is 842. The molecule has 1 fully saturated rings. The molecule has 0 spiro atoms. The molecule has 0 amide bonds. The second-order valence-corrected chi connectivity index (χ2v) is 19.6. The fourth-order valence-corrected chi connectivity index (χ4v) is 10.3. The van der Waals surface area contributed by atoms with Crippen LogP contribution in [0.5, 0.6) is 0 Å². The zero-order valence-corrected chi connectivity index (χ0v) is 38.3. The Hall–Kier alpha value is -0.480. The molecule has 1 saturated carbocycles. The van der Waals surface area contributed by atoms with E-state index in [1.807, 2.05) is 0 Å². The van der Waals surface area contributed by atoms with Gasteiger partial charge < -0.3 is 9.84 Å². The zero-order valence-electron chi connectivity index (χ0n) is 37.5. The van der Waals surface area contributed by atoms with Crippen LogP contribution in [-0.2, 0) is 9.53 Å². The maximum absolute atomic E-state index is 13.8. The highest BCUT2D eigenvalue weighted by molar-refractivity contribution is 8.13. The molecule has 4 unspecified atom stereocenters. The van der Waals surface area contributed by atoms with Gasteiger partial charge in [-0.1, -0.05) is 188 Å². The van der Waals surface area contributed by atoms with E-state index >= 15 is 0 Å². The van der Waals surface area contributed by atoms with Gasteiger partial charge in [0.1, 0.15) is 0 Å². The normalized spacial score (nSPS) is 17.7. The molecule has 4 heteroatoms. The summed E-state index contributed by atoms with van der Waals surface area (Å²) in [4.78, 5) is 13.8. The molecule has 3 nitrogen and oxygen atoms in total. The highest BCUT2D eigenvalue weighted by Gasteiger charge is 2.28. The second-order valence-electron chi connectivity index (χ2n) is 18.6. The molecule has 0 bridgehead atoms. The van der Waals surface area contributed by atoms with Crippen LogP contribution in [0.3, 0.4) is 0 Å². The van der Waals surface area contributed by atoms with Crippen molar-refractivity contribution in [2.45, 2.75) is 272 Å². The lowest BCUT2D eigenvalue weighted by Crippen LogP contribution is -2.28. The van der Waals surface area contributed by atoms with E-state index < -0.39 is 5.60 Å². The maximum Gasteiger partial charge on any atom is 0.192 e. The van der Waals surface area contributed by atoms with Gasteiger partial charge in [-0.3, -0.25) is 4.79 Å². The van der Waals surface area contributed by atoms with Crippen LogP contribution in [0.1, 0.15) is 260 Å². The quantitative estimate of drug-likeness (QED) is 0.0499. The topological polar surface area (TPSA) is 46.5 Å². The summed E-state index contributed by atoms with van der Waals surface area (Å²) in [6.07, 6.45) is 41.5. The van der Waals surface area contributed by atoms with Gasteiger partial charge in [0.25, 0.3) is 0 Å². The molecule has 0 aliphatic heterocycles. The van der Waals surface area contributed by atoms with Crippen molar-refractivity contribution in [3.63, 3.8) is 0 Å². The summed E-state index contributed by atoms with van der Waals surface area (Å²) in [6.45, 7) is 18.0. The monoisotopic (exact) mass is 777 g/mol. The molecule has 1 aliphatic carbocycles. The minimum atomic E-state index is -0.650. The summed E-state index contributed by atoms with van der Waals surface area (Å²) in [5.41, 5.74) is -0.650. The van der Waals surface area contributed by atoms with Crippen molar-refractivity contribution in [2.75, 3.05) is 5.75 Å². The largest absolute Gasteiger partial charge is 0.495 e. The van der Waals surface area contributed by atoms with Crippen molar-refractivity contribution in [1.29, 1.82) is 0 Å². The smallest absolute Gasteiger partial charge is 0.192 e. The third-order valence-electron chi connectivity index (χ3n) is 12.6. The van der Waals surface area contributed by atoms with E-state index in [0.717, 1.165) is 75.2 Å². The second kappa shape index (κ2) is 34.6. The zero-order chi connectivity index (χ0) is 39.7. The van der Waals surface area contributed by atoms with Crippen molar-refractivity contribution in [3.8, 4) is 0 Å². The van der Waals surface area contributed by atoms with E-state index in [1.165, 1.54) is 161 Å². The highest BCUT2D eigenvalue weighted by Crippen LogP contribution is 2.36. The fourth-order valence-electron chi connectivity index (χ4n) is 9.10. The molecule has 0 aromatic carbocycles. The summed E-state index contributed by atoms with van der Waals surface area (Å²) in [5.74, 6) is 4.11. The Labute approximate surface area is 343 Å². The molecule has 4 atom stereocenters. The molecule has 0 heterocycles. The Balaban J connectivity index is 2.75. The molecule has 1 rings (SSSR count). The maximum atomic E-state index is 13.8. The number of rotatable bonds is 39. The van der Waals surface area contributed by atoms with Crippen molar-refractivity contribution in [2.24, 2.45) is 23.7 Å². The van der Waals surface area contributed by atoms with E-state index in [0.29, 0.717) is 23.1 Å². The van der Waals surface area contributed by atoms with E-state index in [9.17, 15) is 9.90 Å². The first-order chi connectivity index (χ1) is 26.1. The Kier molecular flexibility index (Phi) is 33.0. The van der Waals surface area contributed by atoms with Crippen molar-refractivity contribution in [1.82, 2.24) is 0 Å². The predicted molar refractivity (Wildman–Crippen MR) is 241 cm³/mol. The van der Waals surface area contributed by atoms with Crippen molar-refractivity contribution < 1.29 is 14.6 Å². The number of thioether (sulfide) groups is 1. The summed E-state index contributed by atoms with van der Waals surface area (Å²) in [5, 5.41) is 12.1. The van der Waals surface area contributed by atoms with Crippen LogP contribution in [0.2, 0.25) is 0 Å². The summed E-state index contributed by atoms with van der Waals surface area (Å²) in [7, 11) is 0. The minimum Gasteiger partial charge on any atom is -0.495 e. The van der Waals surface area contributed by atoms with Crippen LogP contribution in [0.15, 0.2) is 12.3 Å². The molecule has 54 heavy (non-hydrogen) atoms. The molecular weight excluding hydrogens is 681 g/mol. The van der Waals surface area contributed by atoms with Gasteiger partial charge in [0.05, 0.1) is 17.5 Å². The highest BCUT2D eigenvalue weighted by atomic mass is 32.2. The molecule has 0 aromatic rings. The van der Waals surface area contributed by atoms with E-state index in [-0.39, 0.29) is 5.92 Å². The van der Waals surface area contributed by atoms with Gasteiger partial charge in [-0.05, 0) is 102 Å². The first kappa shape index (κ1) is 51.5. The van der Waals surface area contributed by atoms with Gasteiger partial charge in [0.15, 0.2) is 5.12 Å². The summed E-state index contributed by atoms with van der Waals surface area (Å²) in [6, 6.07) is 0. The van der Waals surface area contributed by atoms with Gasteiger partial charge in [0.2, 0.25) is 0 Å². The number of ether oxygens (including phenoxy) is 1. The molecular formula is C50H96O3S. The van der Waals surface area contributed by atoms with E-state index in [2.05, 4.69) is 48.1 Å². The van der Waals surface area contributed by atoms with Gasteiger partial charge >= 0.3 is 0 Å².